The van der Waals surface area contributed by atoms with Gasteiger partial charge < -0.3 is 4.74 Å². The Hall–Kier alpha value is -1.88. The Balaban J connectivity index is 1.46. The molecular formula is C19H21ClN2O6S2. The predicted octanol–water partition coefficient (Wildman–Crippen LogP) is 2.08. The first kappa shape index (κ1) is 21.4. The second-order valence-electron chi connectivity index (χ2n) is 7.41. The maximum Gasteiger partial charge on any atom is 0.410 e. The Morgan fingerprint density at radius 1 is 1.10 bits per heavy atom. The molecule has 2 saturated heterocycles. The molecule has 1 atom stereocenters. The number of piperidine rings is 1. The molecule has 8 nitrogen and oxygen atoms in total. The molecule has 11 heteroatoms. The number of amides is 1. The molecule has 0 radical (unpaired) electrons. The molecule has 1 aromatic carbocycles. The van der Waals surface area contributed by atoms with Crippen LogP contribution >= 0.6 is 11.6 Å². The number of carbonyl (C=O) groups is 1. The van der Waals surface area contributed by atoms with Crippen molar-refractivity contribution >= 4 is 38.4 Å². The number of hydrogen-bond donors (Lipinski definition) is 1. The van der Waals surface area contributed by atoms with Crippen molar-refractivity contribution in [3.05, 3.63) is 47.0 Å². The lowest BCUT2D eigenvalue weighted by Crippen LogP contribution is -2.56. The van der Waals surface area contributed by atoms with Crippen molar-refractivity contribution < 1.29 is 26.4 Å². The molecule has 162 valence electrons. The Morgan fingerprint density at radius 3 is 2.40 bits per heavy atom. The van der Waals surface area contributed by atoms with Crippen LogP contribution in [0.3, 0.4) is 0 Å². The van der Waals surface area contributed by atoms with Gasteiger partial charge in [-0.1, -0.05) is 17.7 Å². The third-order valence-electron chi connectivity index (χ3n) is 5.70. The number of cyclic esters (lactones) is 1. The Labute approximate surface area is 181 Å². The molecule has 2 heterocycles. The van der Waals surface area contributed by atoms with Crippen LogP contribution in [-0.2, 0) is 25.5 Å². The summed E-state index contributed by atoms with van der Waals surface area (Å²) < 4.78 is 54.5. The molecule has 0 aromatic heterocycles. The lowest BCUT2D eigenvalue weighted by molar-refractivity contribution is 0.0393. The van der Waals surface area contributed by atoms with Crippen molar-refractivity contribution in [1.82, 2.24) is 9.21 Å². The molecular weight excluding hydrogens is 452 g/mol. The van der Waals surface area contributed by atoms with E-state index in [1.54, 1.807) is 4.90 Å². The molecule has 0 spiro atoms. The second-order valence-corrected chi connectivity index (χ2v) is 10.8. The molecule has 2 aliphatic heterocycles. The summed E-state index contributed by atoms with van der Waals surface area (Å²) in [6, 6.07) is 4.94. The van der Waals surface area contributed by atoms with Crippen LogP contribution in [0.5, 0.6) is 0 Å². The predicted molar refractivity (Wildman–Crippen MR) is 110 cm³/mol. The highest BCUT2D eigenvalue weighted by molar-refractivity contribution is 7.89. The number of thiol groups is 1. The zero-order chi connectivity index (χ0) is 21.5. The minimum Gasteiger partial charge on any atom is -0.445 e. The van der Waals surface area contributed by atoms with E-state index in [4.69, 9.17) is 16.3 Å². The SMILES string of the molecule is O=C1OCC2=CC(Cl)=CCC2N1C1CCN(S(=O)(=O)c2ccc([SH](=O)=O)cc2)CC1. The highest BCUT2D eigenvalue weighted by Crippen LogP contribution is 2.33. The van der Waals surface area contributed by atoms with Crippen LogP contribution in [0.1, 0.15) is 19.3 Å². The number of carbonyl (C=O) groups excluding carboxylic acids is 1. The van der Waals surface area contributed by atoms with E-state index in [0.717, 1.165) is 5.57 Å². The van der Waals surface area contributed by atoms with Gasteiger partial charge in [0, 0.05) is 24.2 Å². The topological polar surface area (TPSA) is 101 Å². The number of nitrogens with zero attached hydrogens (tertiary/aromatic N) is 2. The zero-order valence-electron chi connectivity index (χ0n) is 15.9. The molecule has 1 aliphatic carbocycles. The van der Waals surface area contributed by atoms with Crippen LogP contribution in [0, 0.1) is 0 Å². The van der Waals surface area contributed by atoms with Gasteiger partial charge in [0.05, 0.1) is 15.8 Å². The second kappa shape index (κ2) is 8.33. The molecule has 2 fully saturated rings. The fraction of sp³-hybridized carbons (Fsp3) is 0.421. The van der Waals surface area contributed by atoms with Crippen molar-refractivity contribution in [2.45, 2.75) is 41.1 Å². The van der Waals surface area contributed by atoms with Crippen LogP contribution in [0.15, 0.2) is 56.8 Å². The largest absolute Gasteiger partial charge is 0.445 e. The summed E-state index contributed by atoms with van der Waals surface area (Å²) in [7, 11) is -6.50. The van der Waals surface area contributed by atoms with Gasteiger partial charge in [-0.15, -0.1) is 0 Å². The normalized spacial score (nSPS) is 23.6. The molecule has 0 saturated carbocycles. The summed E-state index contributed by atoms with van der Waals surface area (Å²) in [5.41, 5.74) is 0.953. The number of benzene rings is 1. The van der Waals surface area contributed by atoms with Gasteiger partial charge in [0.2, 0.25) is 10.0 Å². The van der Waals surface area contributed by atoms with Gasteiger partial charge >= 0.3 is 6.09 Å². The van der Waals surface area contributed by atoms with E-state index in [9.17, 15) is 21.6 Å². The molecule has 0 bridgehead atoms. The first-order chi connectivity index (χ1) is 14.3. The van der Waals surface area contributed by atoms with E-state index >= 15 is 0 Å². The highest BCUT2D eigenvalue weighted by atomic mass is 35.5. The molecule has 3 aliphatic rings. The quantitative estimate of drug-likeness (QED) is 0.673. The lowest BCUT2D eigenvalue weighted by Gasteiger charge is -2.45. The summed E-state index contributed by atoms with van der Waals surface area (Å²) in [6.45, 7) is 0.746. The fourth-order valence-corrected chi connectivity index (χ4v) is 6.23. The summed E-state index contributed by atoms with van der Waals surface area (Å²) in [6.07, 6.45) is 4.91. The average Bonchev–Trinajstić information content (AvgIpc) is 2.74. The Bertz CT molecular complexity index is 1080. The van der Waals surface area contributed by atoms with Gasteiger partial charge in [0.25, 0.3) is 0 Å². The van der Waals surface area contributed by atoms with Gasteiger partial charge in [-0.2, -0.15) is 4.31 Å². The maximum absolute atomic E-state index is 12.9. The van der Waals surface area contributed by atoms with Crippen molar-refractivity contribution in [3.8, 4) is 0 Å². The minimum atomic E-state index is -3.74. The Morgan fingerprint density at radius 2 is 1.77 bits per heavy atom. The van der Waals surface area contributed by atoms with E-state index in [1.165, 1.54) is 28.6 Å². The maximum atomic E-state index is 12.9. The van der Waals surface area contributed by atoms with Gasteiger partial charge in [-0.05, 0) is 55.2 Å². The molecule has 30 heavy (non-hydrogen) atoms. The third kappa shape index (κ3) is 4.01. The van der Waals surface area contributed by atoms with Crippen LogP contribution in [0.2, 0.25) is 0 Å². The average molecular weight is 473 g/mol. The molecule has 0 N–H and O–H groups in total. The van der Waals surface area contributed by atoms with E-state index in [0.29, 0.717) is 24.3 Å². The van der Waals surface area contributed by atoms with Crippen molar-refractivity contribution in [2.24, 2.45) is 0 Å². The summed E-state index contributed by atoms with van der Waals surface area (Å²) in [4.78, 5) is 14.3. The number of sulfonamides is 1. The van der Waals surface area contributed by atoms with Crippen LogP contribution in [0.4, 0.5) is 4.79 Å². The Kier molecular flexibility index (Phi) is 5.93. The molecule has 1 aromatic rings. The van der Waals surface area contributed by atoms with Gasteiger partial charge in [-0.3, -0.25) is 4.90 Å². The van der Waals surface area contributed by atoms with Crippen LogP contribution < -0.4 is 0 Å². The summed E-state index contributed by atoms with van der Waals surface area (Å²) in [5, 5.41) is 0.632. The molecule has 4 rings (SSSR count). The third-order valence-corrected chi connectivity index (χ3v) is 8.59. The summed E-state index contributed by atoms with van der Waals surface area (Å²) in [5.74, 6) is 0. The fourth-order valence-electron chi connectivity index (χ4n) is 4.14. The van der Waals surface area contributed by atoms with Crippen LogP contribution in [0.25, 0.3) is 0 Å². The lowest BCUT2D eigenvalue weighted by atomic mass is 9.93. The monoisotopic (exact) mass is 472 g/mol. The van der Waals surface area contributed by atoms with Gasteiger partial charge in [0.15, 0.2) is 10.7 Å². The molecule has 1 unspecified atom stereocenters. The number of rotatable bonds is 4. The van der Waals surface area contributed by atoms with Gasteiger partial charge in [0.1, 0.15) is 6.61 Å². The number of hydrogen-bond acceptors (Lipinski definition) is 6. The van der Waals surface area contributed by atoms with Crippen molar-refractivity contribution in [3.63, 3.8) is 0 Å². The van der Waals surface area contributed by atoms with Crippen LogP contribution in [-0.4, -0.2) is 63.9 Å². The van der Waals surface area contributed by atoms with Crippen molar-refractivity contribution in [2.75, 3.05) is 19.7 Å². The number of allylic oxidation sites excluding steroid dienone is 2. The standard InChI is InChI=1S/C19H21ClN2O6S2/c20-14-1-6-18-13(11-14)12-28-19(23)22(18)15-7-9-21(10-8-15)30(26,27)17-4-2-16(3-5-17)29(24)25/h1-5,11,15,18,29H,6-10,12H2. The first-order valence-electron chi connectivity index (χ1n) is 9.53. The van der Waals surface area contributed by atoms with Crippen molar-refractivity contribution in [1.29, 1.82) is 0 Å². The van der Waals surface area contributed by atoms with E-state index in [2.05, 4.69) is 0 Å². The summed E-state index contributed by atoms with van der Waals surface area (Å²) >= 11 is 6.08. The number of ether oxygens (including phenoxy) is 1. The van der Waals surface area contributed by atoms with Gasteiger partial charge in [-0.25, -0.2) is 21.6 Å². The van der Waals surface area contributed by atoms with E-state index in [-0.39, 0.29) is 47.7 Å². The highest BCUT2D eigenvalue weighted by Gasteiger charge is 2.41. The number of halogens is 1. The minimum absolute atomic E-state index is 0.0520. The van der Waals surface area contributed by atoms with E-state index < -0.39 is 20.7 Å². The first-order valence-corrected chi connectivity index (χ1v) is 12.5. The smallest absolute Gasteiger partial charge is 0.410 e. The molecule has 1 amide bonds. The van der Waals surface area contributed by atoms with E-state index in [1.807, 2.05) is 12.2 Å². The zero-order valence-corrected chi connectivity index (χ0v) is 18.4. The number of fused-ring (bicyclic) bond motifs is 1.